The van der Waals surface area contributed by atoms with E-state index in [0.717, 1.165) is 5.56 Å². The number of carbonyl (C=O) groups is 2. The molecule has 0 unspecified atom stereocenters. The molecule has 1 aromatic heterocycles. The molecule has 0 fully saturated rings. The van der Waals surface area contributed by atoms with Crippen molar-refractivity contribution in [1.82, 2.24) is 14.9 Å². The molecule has 0 saturated heterocycles. The molecule has 29 heavy (non-hydrogen) atoms. The molecule has 0 aliphatic heterocycles. The smallest absolute Gasteiger partial charge is 0.330 e. The van der Waals surface area contributed by atoms with Crippen LogP contribution in [0.4, 0.5) is 4.39 Å². The molecule has 0 radical (unpaired) electrons. The lowest BCUT2D eigenvalue weighted by Crippen LogP contribution is -2.45. The number of imidazole rings is 1. The second kappa shape index (κ2) is 9.14. The van der Waals surface area contributed by atoms with E-state index in [0.29, 0.717) is 5.56 Å². The fourth-order valence-corrected chi connectivity index (χ4v) is 2.85. The van der Waals surface area contributed by atoms with E-state index in [-0.39, 0.29) is 18.2 Å². The van der Waals surface area contributed by atoms with Gasteiger partial charge in [0.25, 0.3) is 5.91 Å². The molecule has 2 aromatic carbocycles. The summed E-state index contributed by atoms with van der Waals surface area (Å²) >= 11 is 0. The van der Waals surface area contributed by atoms with Crippen LogP contribution in [-0.4, -0.2) is 33.6 Å². The maximum absolute atomic E-state index is 14.6. The number of amides is 1. The Morgan fingerprint density at radius 3 is 2.55 bits per heavy atom. The third-order valence-corrected chi connectivity index (χ3v) is 4.21. The Labute approximate surface area is 168 Å². The molecule has 150 valence electrons. The Kier molecular flexibility index (Phi) is 6.39. The summed E-state index contributed by atoms with van der Waals surface area (Å²) in [4.78, 5) is 29.0. The second-order valence-corrected chi connectivity index (χ2v) is 6.83. The normalized spacial score (nSPS) is 11.9. The molecule has 6 nitrogen and oxygen atoms in total. The van der Waals surface area contributed by atoms with E-state index in [1.807, 2.05) is 18.2 Å². The van der Waals surface area contributed by atoms with Gasteiger partial charge in [0.15, 0.2) is 0 Å². The predicted molar refractivity (Wildman–Crippen MR) is 107 cm³/mol. The van der Waals surface area contributed by atoms with Crippen LogP contribution >= 0.6 is 0 Å². The number of halogens is 1. The van der Waals surface area contributed by atoms with E-state index >= 15 is 0 Å². The molecule has 7 heteroatoms. The summed E-state index contributed by atoms with van der Waals surface area (Å²) in [7, 11) is 0. The van der Waals surface area contributed by atoms with Crippen LogP contribution in [0.5, 0.6) is 0 Å². The highest BCUT2D eigenvalue weighted by atomic mass is 19.1. The van der Waals surface area contributed by atoms with Crippen molar-refractivity contribution in [2.24, 2.45) is 0 Å². The van der Waals surface area contributed by atoms with E-state index in [9.17, 15) is 14.0 Å². The highest BCUT2D eigenvalue weighted by Crippen LogP contribution is 2.23. The standard InChI is InChI=1S/C22H22FN3O3/c1-15(2)29-22(28)20(13-26-11-10-24-14-26)25-21(27)17-8-9-18(19(23)12-17)16-6-4-3-5-7-16/h3-12,14-15,20H,13H2,1-2H3,(H,25,27)/t20-/m0/s1. The Morgan fingerprint density at radius 2 is 1.93 bits per heavy atom. The SMILES string of the molecule is CC(C)OC(=O)[C@H](Cn1ccnc1)NC(=O)c1ccc(-c2ccccc2)c(F)c1. The molecule has 1 heterocycles. The lowest BCUT2D eigenvalue weighted by molar-refractivity contribution is -0.150. The van der Waals surface area contributed by atoms with Crippen molar-refractivity contribution < 1.29 is 18.7 Å². The van der Waals surface area contributed by atoms with Gasteiger partial charge in [-0.2, -0.15) is 0 Å². The van der Waals surface area contributed by atoms with Gasteiger partial charge >= 0.3 is 5.97 Å². The maximum Gasteiger partial charge on any atom is 0.330 e. The Hall–Kier alpha value is -3.48. The van der Waals surface area contributed by atoms with Crippen LogP contribution in [-0.2, 0) is 16.1 Å². The number of rotatable bonds is 7. The number of hydrogen-bond donors (Lipinski definition) is 1. The number of hydrogen-bond acceptors (Lipinski definition) is 4. The largest absolute Gasteiger partial charge is 0.461 e. The first-order valence-corrected chi connectivity index (χ1v) is 9.26. The van der Waals surface area contributed by atoms with Crippen LogP contribution in [0.25, 0.3) is 11.1 Å². The third kappa shape index (κ3) is 5.28. The summed E-state index contributed by atoms with van der Waals surface area (Å²) in [6, 6.07) is 12.4. The second-order valence-electron chi connectivity index (χ2n) is 6.83. The zero-order valence-electron chi connectivity index (χ0n) is 16.2. The van der Waals surface area contributed by atoms with Gasteiger partial charge in [-0.05, 0) is 31.5 Å². The molecule has 3 rings (SSSR count). The monoisotopic (exact) mass is 395 g/mol. The quantitative estimate of drug-likeness (QED) is 0.622. The molecule has 1 atom stereocenters. The molecule has 3 aromatic rings. The minimum Gasteiger partial charge on any atom is -0.461 e. The lowest BCUT2D eigenvalue weighted by atomic mass is 10.0. The van der Waals surface area contributed by atoms with Crippen molar-refractivity contribution in [3.8, 4) is 11.1 Å². The summed E-state index contributed by atoms with van der Waals surface area (Å²) in [6.45, 7) is 3.61. The summed E-state index contributed by atoms with van der Waals surface area (Å²) in [5.74, 6) is -1.64. The molecule has 1 amide bonds. The first-order valence-electron chi connectivity index (χ1n) is 9.26. The zero-order valence-corrected chi connectivity index (χ0v) is 16.2. The van der Waals surface area contributed by atoms with Crippen molar-refractivity contribution in [1.29, 1.82) is 0 Å². The molecule has 0 aliphatic rings. The number of ether oxygens (including phenoxy) is 1. The molecular weight excluding hydrogens is 373 g/mol. The fourth-order valence-electron chi connectivity index (χ4n) is 2.85. The van der Waals surface area contributed by atoms with Crippen molar-refractivity contribution in [3.05, 3.63) is 78.6 Å². The molecule has 0 aliphatic carbocycles. The van der Waals surface area contributed by atoms with Crippen LogP contribution in [0, 0.1) is 5.82 Å². The number of benzene rings is 2. The summed E-state index contributed by atoms with van der Waals surface area (Å²) in [6.07, 6.45) is 4.46. The van der Waals surface area contributed by atoms with Crippen LogP contribution in [0.3, 0.4) is 0 Å². The topological polar surface area (TPSA) is 73.2 Å². The van der Waals surface area contributed by atoms with Gasteiger partial charge in [-0.15, -0.1) is 0 Å². The van der Waals surface area contributed by atoms with E-state index in [4.69, 9.17) is 4.74 Å². The first-order chi connectivity index (χ1) is 13.9. The van der Waals surface area contributed by atoms with Crippen LogP contribution < -0.4 is 5.32 Å². The average Bonchev–Trinajstić information content (AvgIpc) is 3.20. The molecular formula is C22H22FN3O3. The Balaban J connectivity index is 1.78. The highest BCUT2D eigenvalue weighted by Gasteiger charge is 2.24. The molecule has 1 N–H and O–H groups in total. The number of esters is 1. The molecule has 0 saturated carbocycles. The minimum atomic E-state index is -0.934. The number of nitrogens with one attached hydrogen (secondary N) is 1. The van der Waals surface area contributed by atoms with Gasteiger partial charge in [0.05, 0.1) is 19.0 Å². The molecule has 0 spiro atoms. The maximum atomic E-state index is 14.6. The Bertz CT molecular complexity index is 972. The number of aromatic nitrogens is 2. The van der Waals surface area contributed by atoms with Gasteiger partial charge in [-0.3, -0.25) is 4.79 Å². The van der Waals surface area contributed by atoms with Gasteiger partial charge in [-0.25, -0.2) is 14.2 Å². The number of nitrogens with zero attached hydrogens (tertiary/aromatic N) is 2. The summed E-state index contributed by atoms with van der Waals surface area (Å²) in [5.41, 5.74) is 1.24. The van der Waals surface area contributed by atoms with E-state index in [1.165, 1.54) is 18.5 Å². The summed E-state index contributed by atoms with van der Waals surface area (Å²) < 4.78 is 21.5. The van der Waals surface area contributed by atoms with Gasteiger partial charge < -0.3 is 14.6 Å². The zero-order chi connectivity index (χ0) is 20.8. The van der Waals surface area contributed by atoms with Crippen LogP contribution in [0.15, 0.2) is 67.3 Å². The van der Waals surface area contributed by atoms with E-state index in [2.05, 4.69) is 10.3 Å². The van der Waals surface area contributed by atoms with Crippen LogP contribution in [0.2, 0.25) is 0 Å². The van der Waals surface area contributed by atoms with E-state index < -0.39 is 23.7 Å². The molecule has 0 bridgehead atoms. The highest BCUT2D eigenvalue weighted by molar-refractivity contribution is 5.97. The van der Waals surface area contributed by atoms with Gasteiger partial charge in [0, 0.05) is 23.5 Å². The average molecular weight is 395 g/mol. The van der Waals surface area contributed by atoms with Crippen molar-refractivity contribution in [2.75, 3.05) is 0 Å². The van der Waals surface area contributed by atoms with Crippen molar-refractivity contribution >= 4 is 11.9 Å². The van der Waals surface area contributed by atoms with Crippen LogP contribution in [0.1, 0.15) is 24.2 Å². The first kappa shape index (κ1) is 20.3. The Morgan fingerprint density at radius 1 is 1.17 bits per heavy atom. The van der Waals surface area contributed by atoms with Gasteiger partial charge in [0.1, 0.15) is 11.9 Å². The number of carbonyl (C=O) groups excluding carboxylic acids is 2. The third-order valence-electron chi connectivity index (χ3n) is 4.21. The van der Waals surface area contributed by atoms with Crippen molar-refractivity contribution in [3.63, 3.8) is 0 Å². The van der Waals surface area contributed by atoms with E-state index in [1.54, 1.807) is 49.0 Å². The van der Waals surface area contributed by atoms with Crippen molar-refractivity contribution in [2.45, 2.75) is 32.5 Å². The minimum absolute atomic E-state index is 0.121. The fraction of sp³-hybridized carbons (Fsp3) is 0.227. The summed E-state index contributed by atoms with van der Waals surface area (Å²) in [5, 5.41) is 2.63. The predicted octanol–water partition coefficient (Wildman–Crippen LogP) is 3.44. The van der Waals surface area contributed by atoms with Gasteiger partial charge in [-0.1, -0.05) is 36.4 Å². The lowest BCUT2D eigenvalue weighted by Gasteiger charge is -2.19. The van der Waals surface area contributed by atoms with Gasteiger partial charge in [0.2, 0.25) is 0 Å².